The quantitative estimate of drug-likeness (QED) is 0.161. The van der Waals surface area contributed by atoms with Crippen molar-refractivity contribution in [2.75, 3.05) is 20.8 Å². The number of rotatable bonds is 15. The van der Waals surface area contributed by atoms with Crippen LogP contribution in [0.2, 0.25) is 0 Å². The van der Waals surface area contributed by atoms with Gasteiger partial charge in [0.15, 0.2) is 0 Å². The molecule has 0 aliphatic carbocycles. The average Bonchev–Trinajstić information content (AvgIpc) is 2.78. The summed E-state index contributed by atoms with van der Waals surface area (Å²) >= 11 is 0. The number of allylic oxidation sites excluding steroid dienone is 2. The van der Waals surface area contributed by atoms with Crippen LogP contribution >= 0.6 is 0 Å². The first kappa shape index (κ1) is 26.4. The second kappa shape index (κ2) is 15.2. The van der Waals surface area contributed by atoms with Crippen LogP contribution in [-0.2, 0) is 25.6 Å². The summed E-state index contributed by atoms with van der Waals surface area (Å²) < 4.78 is 22.3. The minimum absolute atomic E-state index is 0.0167. The molecule has 0 spiro atoms. The molecule has 1 aromatic carbocycles. The summed E-state index contributed by atoms with van der Waals surface area (Å²) in [5.41, 5.74) is 1.98. The molecule has 1 aromatic rings. The van der Waals surface area contributed by atoms with Crippen LogP contribution in [0.3, 0.4) is 0 Å². The second-order valence-corrected chi connectivity index (χ2v) is 7.31. The summed E-state index contributed by atoms with van der Waals surface area (Å²) in [6, 6.07) is 7.75. The van der Waals surface area contributed by atoms with Gasteiger partial charge in [-0.3, -0.25) is 0 Å². The Bertz CT molecular complexity index is 733. The minimum atomic E-state index is -0.349. The Balaban J connectivity index is 2.71. The number of hydrogen-bond donors (Lipinski definition) is 0. The van der Waals surface area contributed by atoms with Gasteiger partial charge in [0.2, 0.25) is 0 Å². The Kier molecular flexibility index (Phi) is 13.0. The third kappa shape index (κ3) is 10.3. The maximum atomic E-state index is 11.8. The van der Waals surface area contributed by atoms with Crippen LogP contribution in [0.15, 0.2) is 73.4 Å². The summed E-state index contributed by atoms with van der Waals surface area (Å²) in [6.45, 7) is 12.2. The lowest BCUT2D eigenvalue weighted by Gasteiger charge is -2.28. The molecule has 0 heterocycles. The number of benzene rings is 1. The molecule has 0 fully saturated rings. The second-order valence-electron chi connectivity index (χ2n) is 7.31. The van der Waals surface area contributed by atoms with E-state index in [4.69, 9.17) is 18.9 Å². The highest BCUT2D eigenvalue weighted by atomic mass is 16.5. The number of carbonyl (C=O) groups excluding carboxylic acids is 1. The van der Waals surface area contributed by atoms with E-state index in [1.54, 1.807) is 26.4 Å². The van der Waals surface area contributed by atoms with Gasteiger partial charge >= 0.3 is 5.97 Å². The lowest BCUT2D eigenvalue weighted by Crippen LogP contribution is -2.34. The molecular weight excluding hydrogens is 392 g/mol. The zero-order valence-corrected chi connectivity index (χ0v) is 19.2. The van der Waals surface area contributed by atoms with Crippen molar-refractivity contribution < 1.29 is 23.7 Å². The van der Waals surface area contributed by atoms with E-state index in [0.29, 0.717) is 6.61 Å². The van der Waals surface area contributed by atoms with E-state index < -0.39 is 0 Å². The molecule has 0 aliphatic heterocycles. The molecule has 1 rings (SSSR count). The zero-order chi connectivity index (χ0) is 23.1. The van der Waals surface area contributed by atoms with Crippen molar-refractivity contribution in [3.63, 3.8) is 0 Å². The van der Waals surface area contributed by atoms with Gasteiger partial charge < -0.3 is 18.9 Å². The summed E-state index contributed by atoms with van der Waals surface area (Å²) in [7, 11) is 3.28. The van der Waals surface area contributed by atoms with Crippen molar-refractivity contribution in [2.45, 2.75) is 45.5 Å². The predicted octanol–water partition coefficient (Wildman–Crippen LogP) is 5.43. The molecule has 0 aliphatic rings. The Morgan fingerprint density at radius 3 is 2.42 bits per heavy atom. The topological polar surface area (TPSA) is 54.0 Å². The predicted molar refractivity (Wildman–Crippen MR) is 125 cm³/mol. The highest BCUT2D eigenvalue weighted by Gasteiger charge is 2.25. The first-order valence-electron chi connectivity index (χ1n) is 10.5. The monoisotopic (exact) mass is 428 g/mol. The van der Waals surface area contributed by atoms with Crippen LogP contribution in [0.4, 0.5) is 0 Å². The number of esters is 1. The molecule has 3 atom stereocenters. The average molecular weight is 429 g/mol. The van der Waals surface area contributed by atoms with Gasteiger partial charge in [-0.1, -0.05) is 43.4 Å². The van der Waals surface area contributed by atoms with Gasteiger partial charge in [0, 0.05) is 19.1 Å². The van der Waals surface area contributed by atoms with Gasteiger partial charge in [0.05, 0.1) is 19.8 Å². The fourth-order valence-electron chi connectivity index (χ4n) is 3.04. The molecule has 0 N–H and O–H groups in total. The normalized spacial score (nSPS) is 14.6. The highest BCUT2D eigenvalue weighted by molar-refractivity contribution is 5.81. The third-order valence-corrected chi connectivity index (χ3v) is 4.73. The Morgan fingerprint density at radius 2 is 1.84 bits per heavy atom. The summed E-state index contributed by atoms with van der Waals surface area (Å²) in [4.78, 5) is 11.8. The van der Waals surface area contributed by atoms with Crippen LogP contribution in [0.5, 0.6) is 5.75 Å². The summed E-state index contributed by atoms with van der Waals surface area (Å²) in [5.74, 6) is 0.471. The SMILES string of the molecule is C=CCC/C=C/C(=O)OC/C(C)=C\[C@@H](C)[C@H](OCc1ccc(OC)cc1)[C@H](C=C)OC. The third-order valence-electron chi connectivity index (χ3n) is 4.73. The van der Waals surface area contributed by atoms with Crippen LogP contribution in [0.25, 0.3) is 0 Å². The largest absolute Gasteiger partial charge is 0.497 e. The molecule has 170 valence electrons. The first-order chi connectivity index (χ1) is 14.9. The molecule has 5 nitrogen and oxygen atoms in total. The van der Waals surface area contributed by atoms with Crippen molar-refractivity contribution in [2.24, 2.45) is 5.92 Å². The van der Waals surface area contributed by atoms with E-state index in [1.165, 1.54) is 6.08 Å². The Hall–Kier alpha value is -2.63. The van der Waals surface area contributed by atoms with Crippen LogP contribution in [0, 0.1) is 5.92 Å². The van der Waals surface area contributed by atoms with Crippen molar-refractivity contribution in [1.82, 2.24) is 0 Å². The van der Waals surface area contributed by atoms with Crippen molar-refractivity contribution >= 4 is 5.97 Å². The fraction of sp³-hybridized carbons (Fsp3) is 0.423. The van der Waals surface area contributed by atoms with Crippen LogP contribution < -0.4 is 4.74 Å². The summed E-state index contributed by atoms with van der Waals surface area (Å²) in [6.07, 6.45) is 9.95. The molecule has 0 saturated heterocycles. The smallest absolute Gasteiger partial charge is 0.330 e. The number of unbranched alkanes of at least 4 members (excludes halogenated alkanes) is 1. The van der Waals surface area contributed by atoms with E-state index in [2.05, 4.69) is 20.1 Å². The molecule has 0 bridgehead atoms. The maximum absolute atomic E-state index is 11.8. The standard InChI is InChI=1S/C26H36O5/c1-7-9-10-11-12-25(27)30-18-20(3)17-21(4)26(24(8-2)29-6)31-19-22-13-15-23(28-5)16-14-22/h7-8,11-17,21,24,26H,1-2,9-10,18-19H2,3-6H3/b12-11+,20-17-/t21-,24+,26+/m1/s1. The van der Waals surface area contributed by atoms with Gasteiger partial charge in [-0.2, -0.15) is 0 Å². The number of ether oxygens (including phenoxy) is 4. The fourth-order valence-corrected chi connectivity index (χ4v) is 3.04. The molecule has 0 amide bonds. The maximum Gasteiger partial charge on any atom is 0.330 e. The lowest BCUT2D eigenvalue weighted by atomic mass is 9.97. The van der Waals surface area contributed by atoms with E-state index in [1.807, 2.05) is 43.3 Å². The number of methoxy groups -OCH3 is 2. The van der Waals surface area contributed by atoms with Crippen molar-refractivity contribution in [3.8, 4) is 5.75 Å². The number of carbonyl (C=O) groups is 1. The van der Waals surface area contributed by atoms with Crippen LogP contribution in [0.1, 0.15) is 32.3 Å². The van der Waals surface area contributed by atoms with Gasteiger partial charge in [-0.15, -0.1) is 13.2 Å². The van der Waals surface area contributed by atoms with Gasteiger partial charge in [-0.05, 0) is 43.0 Å². The van der Waals surface area contributed by atoms with Crippen LogP contribution in [-0.4, -0.2) is 39.0 Å². The molecular formula is C26H36O5. The Morgan fingerprint density at radius 1 is 1.13 bits per heavy atom. The Labute approximate surface area is 187 Å². The van der Waals surface area contributed by atoms with Gasteiger partial charge in [-0.25, -0.2) is 4.79 Å². The molecule has 0 unspecified atom stereocenters. The highest BCUT2D eigenvalue weighted by Crippen LogP contribution is 2.21. The number of hydrogen-bond acceptors (Lipinski definition) is 5. The minimum Gasteiger partial charge on any atom is -0.497 e. The molecule has 0 radical (unpaired) electrons. The van der Waals surface area contributed by atoms with Gasteiger partial charge in [0.25, 0.3) is 0 Å². The molecule has 0 aromatic heterocycles. The lowest BCUT2D eigenvalue weighted by molar-refractivity contribution is -0.136. The molecule has 31 heavy (non-hydrogen) atoms. The first-order valence-corrected chi connectivity index (χ1v) is 10.5. The molecule has 0 saturated carbocycles. The van der Waals surface area contributed by atoms with E-state index >= 15 is 0 Å². The summed E-state index contributed by atoms with van der Waals surface area (Å²) in [5, 5.41) is 0. The van der Waals surface area contributed by atoms with E-state index in [9.17, 15) is 4.79 Å². The van der Waals surface area contributed by atoms with E-state index in [-0.39, 0.29) is 30.7 Å². The van der Waals surface area contributed by atoms with Gasteiger partial charge in [0.1, 0.15) is 18.5 Å². The van der Waals surface area contributed by atoms with Crippen molar-refractivity contribution in [1.29, 1.82) is 0 Å². The van der Waals surface area contributed by atoms with E-state index in [0.717, 1.165) is 29.7 Å². The molecule has 5 heteroatoms. The zero-order valence-electron chi connectivity index (χ0n) is 19.2. The van der Waals surface area contributed by atoms with Crippen molar-refractivity contribution in [3.05, 3.63) is 78.9 Å².